The van der Waals surface area contributed by atoms with Gasteiger partial charge in [0.05, 0.1) is 18.1 Å². The molecule has 0 unspecified atom stereocenters. The van der Waals surface area contributed by atoms with Gasteiger partial charge in [-0.15, -0.1) is 0 Å². The van der Waals surface area contributed by atoms with Crippen molar-refractivity contribution in [1.29, 1.82) is 0 Å². The molecule has 0 radical (unpaired) electrons. The van der Waals surface area contributed by atoms with Crippen LogP contribution in [0.15, 0.2) is 67.0 Å². The third-order valence-corrected chi connectivity index (χ3v) is 4.14. The Morgan fingerprint density at radius 1 is 1.04 bits per heavy atom. The van der Waals surface area contributed by atoms with Crippen LogP contribution in [0.5, 0.6) is 0 Å². The van der Waals surface area contributed by atoms with E-state index in [4.69, 9.17) is 9.47 Å². The van der Waals surface area contributed by atoms with Crippen molar-refractivity contribution in [3.63, 3.8) is 0 Å². The molecule has 7 heteroatoms. The summed E-state index contributed by atoms with van der Waals surface area (Å²) in [5, 5.41) is 14.6. The van der Waals surface area contributed by atoms with E-state index < -0.39 is 11.2 Å². The number of nitrogens with zero attached hydrogens (tertiary/aromatic N) is 2. The van der Waals surface area contributed by atoms with Gasteiger partial charge in [-0.3, -0.25) is 10.1 Å². The molecule has 132 valence electrons. The number of ether oxygens (including phenoxy) is 2. The molecule has 0 saturated carbocycles. The predicted octanol–water partition coefficient (Wildman–Crippen LogP) is 4.17. The average molecular weight is 351 g/mol. The van der Waals surface area contributed by atoms with E-state index in [9.17, 15) is 10.1 Å². The van der Waals surface area contributed by atoms with E-state index in [0.29, 0.717) is 24.5 Å². The normalized spacial score (nSPS) is 14.5. The number of benzene rings is 2. The van der Waals surface area contributed by atoms with Gasteiger partial charge < -0.3 is 19.4 Å². The highest BCUT2D eigenvalue weighted by molar-refractivity contribution is 5.71. The van der Waals surface area contributed by atoms with E-state index in [-0.39, 0.29) is 5.69 Å². The molecule has 1 aromatic heterocycles. The van der Waals surface area contributed by atoms with Gasteiger partial charge in [0.1, 0.15) is 5.69 Å². The molecule has 0 amide bonds. The van der Waals surface area contributed by atoms with Gasteiger partial charge >= 0.3 is 0 Å². The summed E-state index contributed by atoms with van der Waals surface area (Å²) in [6, 6.07) is 16.5. The number of anilines is 2. The second-order valence-corrected chi connectivity index (χ2v) is 5.87. The monoisotopic (exact) mass is 351 g/mol. The lowest BCUT2D eigenvalue weighted by molar-refractivity contribution is -0.384. The van der Waals surface area contributed by atoms with Gasteiger partial charge in [-0.1, -0.05) is 12.1 Å². The zero-order chi connectivity index (χ0) is 17.9. The first-order valence-corrected chi connectivity index (χ1v) is 8.23. The van der Waals surface area contributed by atoms with Crippen LogP contribution in [0.4, 0.5) is 17.1 Å². The third kappa shape index (κ3) is 3.30. The summed E-state index contributed by atoms with van der Waals surface area (Å²) in [5.41, 5.74) is 2.77. The van der Waals surface area contributed by atoms with Crippen LogP contribution in [0.25, 0.3) is 5.69 Å². The van der Waals surface area contributed by atoms with Crippen molar-refractivity contribution < 1.29 is 14.4 Å². The smallest absolute Gasteiger partial charge is 0.293 e. The van der Waals surface area contributed by atoms with Crippen LogP contribution in [-0.2, 0) is 9.47 Å². The molecule has 1 N–H and O–H groups in total. The fourth-order valence-corrected chi connectivity index (χ4v) is 2.91. The van der Waals surface area contributed by atoms with E-state index in [1.165, 1.54) is 6.07 Å². The van der Waals surface area contributed by atoms with E-state index in [0.717, 1.165) is 11.4 Å². The topological polar surface area (TPSA) is 78.6 Å². The molecular formula is C19H17N3O4. The molecule has 1 fully saturated rings. The highest BCUT2D eigenvalue weighted by Gasteiger charge is 2.23. The quantitative estimate of drug-likeness (QED) is 0.551. The summed E-state index contributed by atoms with van der Waals surface area (Å²) >= 11 is 0. The number of hydrogen-bond acceptors (Lipinski definition) is 5. The van der Waals surface area contributed by atoms with Crippen LogP contribution in [-0.4, -0.2) is 22.7 Å². The molecule has 0 spiro atoms. The molecule has 1 aliphatic heterocycles. The number of hydrogen-bond donors (Lipinski definition) is 1. The molecule has 2 aromatic carbocycles. The van der Waals surface area contributed by atoms with Gasteiger partial charge in [-0.25, -0.2) is 0 Å². The highest BCUT2D eigenvalue weighted by Crippen LogP contribution is 2.33. The molecule has 26 heavy (non-hydrogen) atoms. The van der Waals surface area contributed by atoms with Crippen LogP contribution < -0.4 is 5.32 Å². The summed E-state index contributed by atoms with van der Waals surface area (Å²) < 4.78 is 12.8. The average Bonchev–Trinajstić information content (AvgIpc) is 3.36. The lowest BCUT2D eigenvalue weighted by Crippen LogP contribution is -2.02. The van der Waals surface area contributed by atoms with Crippen LogP contribution in [0.3, 0.4) is 0 Å². The second kappa shape index (κ2) is 6.99. The van der Waals surface area contributed by atoms with Crippen LogP contribution in [0, 0.1) is 10.1 Å². The van der Waals surface area contributed by atoms with Gasteiger partial charge in [0.2, 0.25) is 0 Å². The molecule has 3 aromatic rings. The summed E-state index contributed by atoms with van der Waals surface area (Å²) in [4.78, 5) is 11.1. The number of nitrogens with one attached hydrogen (secondary N) is 1. The maximum atomic E-state index is 11.5. The Morgan fingerprint density at radius 2 is 1.81 bits per heavy atom. The minimum atomic E-state index is -0.542. The molecular weight excluding hydrogens is 334 g/mol. The SMILES string of the molecule is O=[N+]([O-])c1cc(C2OCCO2)ccc1Nc1cccc(-n2cccc2)c1. The second-order valence-electron chi connectivity index (χ2n) is 5.87. The van der Waals surface area contributed by atoms with Crippen LogP contribution in [0.2, 0.25) is 0 Å². The van der Waals surface area contributed by atoms with Crippen molar-refractivity contribution in [2.24, 2.45) is 0 Å². The minimum absolute atomic E-state index is 0.0204. The number of rotatable bonds is 5. The standard InChI is InChI=1S/C19H17N3O4/c23-22(24)18-12-14(19-25-10-11-26-19)6-7-17(18)20-15-4-3-5-16(13-15)21-8-1-2-9-21/h1-9,12-13,19-20H,10-11H2. The Balaban J connectivity index is 1.63. The van der Waals surface area contributed by atoms with Gasteiger partial charge in [-0.05, 0) is 36.4 Å². The maximum absolute atomic E-state index is 11.5. The number of nitro groups is 1. The van der Waals surface area contributed by atoms with E-state index in [2.05, 4.69) is 5.32 Å². The van der Waals surface area contributed by atoms with Crippen molar-refractivity contribution in [3.05, 3.63) is 82.7 Å². The molecule has 0 bridgehead atoms. The number of aromatic nitrogens is 1. The first-order valence-electron chi connectivity index (χ1n) is 8.23. The third-order valence-electron chi connectivity index (χ3n) is 4.14. The molecule has 0 atom stereocenters. The lowest BCUT2D eigenvalue weighted by Gasteiger charge is -2.13. The van der Waals surface area contributed by atoms with Crippen molar-refractivity contribution in [2.75, 3.05) is 18.5 Å². The van der Waals surface area contributed by atoms with Crippen LogP contribution in [0.1, 0.15) is 11.9 Å². The summed E-state index contributed by atoms with van der Waals surface area (Å²) in [6.07, 6.45) is 3.34. The van der Waals surface area contributed by atoms with Crippen molar-refractivity contribution >= 4 is 17.1 Å². The zero-order valence-electron chi connectivity index (χ0n) is 13.9. The molecule has 2 heterocycles. The van der Waals surface area contributed by atoms with E-state index in [1.807, 2.05) is 53.4 Å². The predicted molar refractivity (Wildman–Crippen MR) is 96.8 cm³/mol. The minimum Gasteiger partial charge on any atom is -0.350 e. The fraction of sp³-hybridized carbons (Fsp3) is 0.158. The van der Waals surface area contributed by atoms with Gasteiger partial charge in [0.25, 0.3) is 5.69 Å². The van der Waals surface area contributed by atoms with Crippen molar-refractivity contribution in [1.82, 2.24) is 4.57 Å². The first kappa shape index (κ1) is 16.3. The Kier molecular flexibility index (Phi) is 4.39. The Morgan fingerprint density at radius 3 is 2.54 bits per heavy atom. The van der Waals surface area contributed by atoms with Gasteiger partial charge in [0, 0.05) is 35.4 Å². The van der Waals surface area contributed by atoms with Crippen molar-refractivity contribution in [3.8, 4) is 5.69 Å². The molecule has 4 rings (SSSR count). The Bertz CT molecular complexity index is 918. The van der Waals surface area contributed by atoms with Gasteiger partial charge in [0.15, 0.2) is 6.29 Å². The first-order chi connectivity index (χ1) is 12.7. The summed E-state index contributed by atoms with van der Waals surface area (Å²) in [5.74, 6) is 0. The van der Waals surface area contributed by atoms with E-state index >= 15 is 0 Å². The highest BCUT2D eigenvalue weighted by atomic mass is 16.7. The molecule has 1 saturated heterocycles. The zero-order valence-corrected chi connectivity index (χ0v) is 13.9. The lowest BCUT2D eigenvalue weighted by atomic mass is 10.1. The summed E-state index contributed by atoms with van der Waals surface area (Å²) in [7, 11) is 0. The Hall–Kier alpha value is -3.16. The Labute approximate surface area is 149 Å². The number of nitro benzene ring substituents is 1. The largest absolute Gasteiger partial charge is 0.350 e. The maximum Gasteiger partial charge on any atom is 0.293 e. The van der Waals surface area contributed by atoms with Crippen LogP contribution >= 0.6 is 0 Å². The van der Waals surface area contributed by atoms with Gasteiger partial charge in [-0.2, -0.15) is 0 Å². The summed E-state index contributed by atoms with van der Waals surface area (Å²) in [6.45, 7) is 0.981. The molecule has 0 aliphatic carbocycles. The van der Waals surface area contributed by atoms with Crippen molar-refractivity contribution in [2.45, 2.75) is 6.29 Å². The molecule has 1 aliphatic rings. The fourth-order valence-electron chi connectivity index (χ4n) is 2.91. The van der Waals surface area contributed by atoms with E-state index in [1.54, 1.807) is 12.1 Å². The molecule has 7 nitrogen and oxygen atoms in total.